The number of carbonyl (C=O) groups excluding carboxylic acids is 1. The van der Waals surface area contributed by atoms with Gasteiger partial charge in [0, 0.05) is 28.0 Å². The highest BCUT2D eigenvalue weighted by Crippen LogP contribution is 2.26. The third-order valence-electron chi connectivity index (χ3n) is 2.18. The van der Waals surface area contributed by atoms with Gasteiger partial charge in [-0.05, 0) is 11.5 Å². The lowest BCUT2D eigenvalue weighted by Gasteiger charge is -2.05. The first-order chi connectivity index (χ1) is 6.70. The highest BCUT2D eigenvalue weighted by atomic mass is 127. The van der Waals surface area contributed by atoms with Crippen molar-refractivity contribution in [1.29, 1.82) is 0 Å². The molecule has 70 valence electrons. The van der Waals surface area contributed by atoms with Crippen LogP contribution in [0.5, 0.6) is 0 Å². The third-order valence-corrected chi connectivity index (χ3v) is 2.76. The van der Waals surface area contributed by atoms with E-state index in [-0.39, 0.29) is 3.79 Å². The number of nitrogens with two attached hydrogens (primary N) is 1. The zero-order valence-corrected chi connectivity index (χ0v) is 9.49. The molecule has 2 N–H and O–H groups in total. The van der Waals surface area contributed by atoms with E-state index < -0.39 is 0 Å². The average Bonchev–Trinajstić information content (AvgIpc) is 2.18. The molecule has 2 aromatic rings. The molecule has 0 saturated heterocycles. The van der Waals surface area contributed by atoms with Gasteiger partial charge in [0.05, 0.1) is 11.3 Å². The second kappa shape index (κ2) is 3.57. The predicted octanol–water partition coefficient (Wildman–Crippen LogP) is 3.00. The molecule has 0 spiro atoms. The molecule has 0 fully saturated rings. The molecule has 0 atom stereocenters. The van der Waals surface area contributed by atoms with Crippen LogP contribution in [0.1, 0.15) is 10.4 Å². The Balaban J connectivity index is 2.81. The van der Waals surface area contributed by atoms with E-state index in [1.807, 2.05) is 30.3 Å². The second-order valence-electron chi connectivity index (χ2n) is 3.02. The molecule has 0 unspecified atom stereocenters. The molecule has 2 rings (SSSR count). The van der Waals surface area contributed by atoms with E-state index in [9.17, 15) is 4.79 Å². The Hall–Kier alpha value is -1.10. The first-order valence-corrected chi connectivity index (χ1v) is 5.25. The Morgan fingerprint density at radius 1 is 1.14 bits per heavy atom. The maximum absolute atomic E-state index is 11.2. The molecule has 0 aliphatic rings. The number of hydrogen-bond donors (Lipinski definition) is 1. The summed E-state index contributed by atoms with van der Waals surface area (Å²) in [5.74, 6) is 0. The summed E-state index contributed by atoms with van der Waals surface area (Å²) >= 11 is 1.75. The summed E-state index contributed by atoms with van der Waals surface area (Å²) in [6.07, 6.45) is 0. The molecule has 3 heteroatoms. The Bertz CT molecular complexity index is 508. The van der Waals surface area contributed by atoms with Crippen LogP contribution in [0.15, 0.2) is 36.4 Å². The largest absolute Gasteiger partial charge is 0.398 e. The topological polar surface area (TPSA) is 43.1 Å². The zero-order chi connectivity index (χ0) is 10.1. The molecule has 0 heterocycles. The lowest BCUT2D eigenvalue weighted by molar-refractivity contribution is 0.110. The SMILES string of the molecule is Nc1c(C(=O)I)ccc2ccccc12. The van der Waals surface area contributed by atoms with Gasteiger partial charge in [-0.1, -0.05) is 30.3 Å². The number of halogens is 1. The number of fused-ring (bicyclic) bond motifs is 1. The smallest absolute Gasteiger partial charge is 0.224 e. The van der Waals surface area contributed by atoms with Crippen molar-refractivity contribution in [2.75, 3.05) is 5.73 Å². The van der Waals surface area contributed by atoms with Gasteiger partial charge in [-0.15, -0.1) is 0 Å². The van der Waals surface area contributed by atoms with E-state index in [2.05, 4.69) is 0 Å². The van der Waals surface area contributed by atoms with Gasteiger partial charge < -0.3 is 5.73 Å². The quantitative estimate of drug-likeness (QED) is 0.499. The minimum atomic E-state index is -0.0224. The van der Waals surface area contributed by atoms with Crippen molar-refractivity contribution in [3.05, 3.63) is 42.0 Å². The molecule has 0 amide bonds. The van der Waals surface area contributed by atoms with Crippen LogP contribution in [-0.2, 0) is 0 Å². The van der Waals surface area contributed by atoms with Crippen LogP contribution >= 0.6 is 22.6 Å². The van der Waals surface area contributed by atoms with Gasteiger partial charge in [0.1, 0.15) is 0 Å². The van der Waals surface area contributed by atoms with Gasteiger partial charge in [-0.3, -0.25) is 4.79 Å². The van der Waals surface area contributed by atoms with E-state index in [1.165, 1.54) is 0 Å². The third kappa shape index (κ3) is 1.48. The molecule has 0 aromatic heterocycles. The van der Waals surface area contributed by atoms with Crippen LogP contribution in [-0.4, -0.2) is 3.79 Å². The van der Waals surface area contributed by atoms with Crippen LogP contribution in [0, 0.1) is 0 Å². The van der Waals surface area contributed by atoms with E-state index in [4.69, 9.17) is 5.73 Å². The van der Waals surface area contributed by atoms with E-state index in [0.717, 1.165) is 10.8 Å². The molecule has 2 aromatic carbocycles. The Labute approximate surface area is 95.2 Å². The number of hydrogen-bond acceptors (Lipinski definition) is 2. The monoisotopic (exact) mass is 297 g/mol. The number of anilines is 1. The Morgan fingerprint density at radius 3 is 2.57 bits per heavy atom. The first-order valence-electron chi connectivity index (χ1n) is 4.17. The van der Waals surface area contributed by atoms with Gasteiger partial charge in [0.15, 0.2) is 0 Å². The Kier molecular flexibility index (Phi) is 2.41. The summed E-state index contributed by atoms with van der Waals surface area (Å²) in [4.78, 5) is 11.2. The summed E-state index contributed by atoms with van der Waals surface area (Å²) in [6, 6.07) is 11.5. The van der Waals surface area contributed by atoms with Gasteiger partial charge >= 0.3 is 0 Å². The number of benzene rings is 2. The molecule has 0 bridgehead atoms. The predicted molar refractivity (Wildman–Crippen MR) is 66.7 cm³/mol. The minimum Gasteiger partial charge on any atom is -0.398 e. The van der Waals surface area contributed by atoms with E-state index >= 15 is 0 Å². The summed E-state index contributed by atoms with van der Waals surface area (Å²) in [6.45, 7) is 0. The van der Waals surface area contributed by atoms with Crippen molar-refractivity contribution in [2.24, 2.45) is 0 Å². The molecule has 14 heavy (non-hydrogen) atoms. The van der Waals surface area contributed by atoms with Gasteiger partial charge in [-0.25, -0.2) is 0 Å². The van der Waals surface area contributed by atoms with Crippen molar-refractivity contribution in [1.82, 2.24) is 0 Å². The summed E-state index contributed by atoms with van der Waals surface area (Å²) in [5.41, 5.74) is 7.05. The second-order valence-corrected chi connectivity index (χ2v) is 4.00. The van der Waals surface area contributed by atoms with Crippen LogP contribution in [0.3, 0.4) is 0 Å². The number of rotatable bonds is 1. The van der Waals surface area contributed by atoms with Crippen molar-refractivity contribution in [3.8, 4) is 0 Å². The van der Waals surface area contributed by atoms with Crippen LogP contribution in [0.25, 0.3) is 10.8 Å². The highest BCUT2D eigenvalue weighted by molar-refractivity contribution is 14.1. The van der Waals surface area contributed by atoms with Crippen molar-refractivity contribution >= 4 is 42.8 Å². The molecular weight excluding hydrogens is 289 g/mol. The zero-order valence-electron chi connectivity index (χ0n) is 7.33. The molecule has 0 aliphatic heterocycles. The van der Waals surface area contributed by atoms with E-state index in [1.54, 1.807) is 28.7 Å². The maximum atomic E-state index is 11.2. The fraction of sp³-hybridized carbons (Fsp3) is 0. The molecule has 0 aliphatic carbocycles. The number of carbonyl (C=O) groups is 1. The van der Waals surface area contributed by atoms with Crippen LogP contribution in [0.4, 0.5) is 5.69 Å². The van der Waals surface area contributed by atoms with Crippen molar-refractivity contribution < 1.29 is 4.79 Å². The highest BCUT2D eigenvalue weighted by Gasteiger charge is 2.08. The first kappa shape index (κ1) is 9.45. The average molecular weight is 297 g/mol. The normalized spacial score (nSPS) is 10.4. The minimum absolute atomic E-state index is 0.0224. The fourth-order valence-electron chi connectivity index (χ4n) is 1.47. The Morgan fingerprint density at radius 2 is 1.86 bits per heavy atom. The van der Waals surface area contributed by atoms with Gasteiger partial charge in [0.25, 0.3) is 0 Å². The fourth-order valence-corrected chi connectivity index (χ4v) is 1.94. The molecule has 2 nitrogen and oxygen atoms in total. The number of nitrogen functional groups attached to an aromatic ring is 1. The van der Waals surface area contributed by atoms with Crippen molar-refractivity contribution in [3.63, 3.8) is 0 Å². The van der Waals surface area contributed by atoms with Crippen LogP contribution in [0.2, 0.25) is 0 Å². The van der Waals surface area contributed by atoms with Gasteiger partial charge in [0.2, 0.25) is 3.79 Å². The standard InChI is InChI=1S/C11H8INO/c12-11(14)9-6-5-7-3-1-2-4-8(7)10(9)13/h1-6H,13H2. The molecule has 0 radical (unpaired) electrons. The summed E-state index contributed by atoms with van der Waals surface area (Å²) < 4.78 is -0.0224. The lowest BCUT2D eigenvalue weighted by atomic mass is 10.1. The molecule has 0 saturated carbocycles. The molecular formula is C11H8INO. The van der Waals surface area contributed by atoms with Crippen molar-refractivity contribution in [2.45, 2.75) is 0 Å². The van der Waals surface area contributed by atoms with Crippen LogP contribution < -0.4 is 5.73 Å². The van der Waals surface area contributed by atoms with Gasteiger partial charge in [-0.2, -0.15) is 0 Å². The maximum Gasteiger partial charge on any atom is 0.224 e. The summed E-state index contributed by atoms with van der Waals surface area (Å²) in [7, 11) is 0. The lowest BCUT2D eigenvalue weighted by Crippen LogP contribution is -1.97. The summed E-state index contributed by atoms with van der Waals surface area (Å²) in [5, 5.41) is 2.00. The van der Waals surface area contributed by atoms with E-state index in [0.29, 0.717) is 11.3 Å².